The van der Waals surface area contributed by atoms with Gasteiger partial charge in [0.2, 0.25) is 0 Å². The van der Waals surface area contributed by atoms with Crippen LogP contribution in [-0.4, -0.2) is 47.3 Å². The summed E-state index contributed by atoms with van der Waals surface area (Å²) in [4.78, 5) is 13.9. The van der Waals surface area contributed by atoms with Gasteiger partial charge in [-0.15, -0.1) is 0 Å². The Morgan fingerprint density at radius 3 is 2.67 bits per heavy atom. The molecule has 0 aromatic carbocycles. The Hall–Kier alpha value is -0.610. The average Bonchev–Trinajstić information content (AvgIpc) is 2.57. The largest absolute Gasteiger partial charge is 0.481 e. The van der Waals surface area contributed by atoms with Crippen LogP contribution < -0.4 is 0 Å². The van der Waals surface area contributed by atoms with E-state index in [-0.39, 0.29) is 18.1 Å². The average molecular weight is 255 g/mol. The third-order valence-electron chi connectivity index (χ3n) is 4.38. The van der Waals surface area contributed by atoms with Crippen molar-refractivity contribution in [2.75, 3.05) is 13.2 Å². The Bertz CT molecular complexity index is 295. The molecule has 4 heteroatoms. The van der Waals surface area contributed by atoms with Crippen molar-refractivity contribution in [1.82, 2.24) is 4.90 Å². The van der Waals surface area contributed by atoms with E-state index in [1.165, 1.54) is 6.42 Å². The molecule has 1 saturated carbocycles. The van der Waals surface area contributed by atoms with Gasteiger partial charge in [-0.1, -0.05) is 19.3 Å². The smallest absolute Gasteiger partial charge is 0.308 e. The van der Waals surface area contributed by atoms with Gasteiger partial charge in [-0.3, -0.25) is 9.69 Å². The summed E-state index contributed by atoms with van der Waals surface area (Å²) in [5, 5.41) is 9.46. The molecule has 2 rings (SSSR count). The van der Waals surface area contributed by atoms with Gasteiger partial charge in [0, 0.05) is 18.6 Å². The molecule has 4 atom stereocenters. The fourth-order valence-corrected chi connectivity index (χ4v) is 3.36. The predicted molar refractivity (Wildman–Crippen MR) is 69.6 cm³/mol. The maximum Gasteiger partial charge on any atom is 0.308 e. The van der Waals surface area contributed by atoms with E-state index < -0.39 is 5.97 Å². The van der Waals surface area contributed by atoms with E-state index in [9.17, 15) is 9.90 Å². The van der Waals surface area contributed by atoms with Gasteiger partial charge in [0.05, 0.1) is 18.6 Å². The summed E-state index contributed by atoms with van der Waals surface area (Å²) < 4.78 is 5.65. The zero-order valence-electron chi connectivity index (χ0n) is 11.5. The van der Waals surface area contributed by atoms with Crippen LogP contribution in [0.1, 0.15) is 46.0 Å². The van der Waals surface area contributed by atoms with Gasteiger partial charge in [0.15, 0.2) is 0 Å². The Balaban J connectivity index is 2.12. The summed E-state index contributed by atoms with van der Waals surface area (Å²) >= 11 is 0. The predicted octanol–water partition coefficient (Wildman–Crippen LogP) is 2.13. The van der Waals surface area contributed by atoms with E-state index in [2.05, 4.69) is 18.7 Å². The van der Waals surface area contributed by atoms with Crippen LogP contribution in [0.15, 0.2) is 0 Å². The van der Waals surface area contributed by atoms with Gasteiger partial charge in [0.25, 0.3) is 0 Å². The number of ether oxygens (including phenoxy) is 1. The van der Waals surface area contributed by atoms with Gasteiger partial charge >= 0.3 is 5.97 Å². The molecular weight excluding hydrogens is 230 g/mol. The highest BCUT2D eigenvalue weighted by Gasteiger charge is 2.37. The lowest BCUT2D eigenvalue weighted by molar-refractivity contribution is -0.147. The molecule has 0 bridgehead atoms. The van der Waals surface area contributed by atoms with E-state index >= 15 is 0 Å². The first kappa shape index (κ1) is 13.8. The van der Waals surface area contributed by atoms with Crippen molar-refractivity contribution in [2.24, 2.45) is 5.92 Å². The molecule has 0 radical (unpaired) electrons. The monoisotopic (exact) mass is 255 g/mol. The third-order valence-corrected chi connectivity index (χ3v) is 4.38. The second-order valence-electron chi connectivity index (χ2n) is 5.84. The number of carboxylic acid groups (broad SMARTS) is 1. The van der Waals surface area contributed by atoms with Crippen LogP contribution in [0, 0.1) is 5.92 Å². The zero-order chi connectivity index (χ0) is 13.1. The molecule has 1 heterocycles. The Kier molecular flexibility index (Phi) is 4.62. The fraction of sp³-hybridized carbons (Fsp3) is 0.929. The van der Waals surface area contributed by atoms with Crippen LogP contribution in [0.25, 0.3) is 0 Å². The van der Waals surface area contributed by atoms with Crippen molar-refractivity contribution in [1.29, 1.82) is 0 Å². The van der Waals surface area contributed by atoms with Crippen molar-refractivity contribution in [3.05, 3.63) is 0 Å². The molecule has 1 aliphatic carbocycles. The zero-order valence-corrected chi connectivity index (χ0v) is 11.5. The van der Waals surface area contributed by atoms with Crippen LogP contribution >= 0.6 is 0 Å². The normalized spacial score (nSPS) is 39.2. The van der Waals surface area contributed by atoms with Crippen molar-refractivity contribution >= 4 is 5.97 Å². The summed E-state index contributed by atoms with van der Waals surface area (Å²) in [6.45, 7) is 5.82. The summed E-state index contributed by atoms with van der Waals surface area (Å²) in [5.74, 6) is -0.812. The molecular formula is C14H25NO3. The highest BCUT2D eigenvalue weighted by Crippen LogP contribution is 2.30. The van der Waals surface area contributed by atoms with Crippen LogP contribution in [0.4, 0.5) is 0 Å². The number of nitrogens with zero attached hydrogens (tertiary/aromatic N) is 1. The molecule has 1 N–H and O–H groups in total. The molecule has 2 fully saturated rings. The molecule has 0 spiro atoms. The van der Waals surface area contributed by atoms with Gasteiger partial charge in [-0.2, -0.15) is 0 Å². The van der Waals surface area contributed by atoms with Crippen LogP contribution in [0.3, 0.4) is 0 Å². The van der Waals surface area contributed by atoms with E-state index in [0.717, 1.165) is 38.8 Å². The molecule has 4 nitrogen and oxygen atoms in total. The molecule has 0 aromatic heterocycles. The molecule has 18 heavy (non-hydrogen) atoms. The van der Waals surface area contributed by atoms with Crippen LogP contribution in [0.5, 0.6) is 0 Å². The second kappa shape index (κ2) is 6.02. The summed E-state index contributed by atoms with van der Waals surface area (Å²) in [6, 6.07) is 0.539. The number of hydrogen-bond acceptors (Lipinski definition) is 3. The maximum atomic E-state index is 11.5. The Labute approximate surface area is 109 Å². The molecule has 1 saturated heterocycles. The highest BCUT2D eigenvalue weighted by molar-refractivity contribution is 5.71. The molecule has 0 aromatic rings. The number of carboxylic acids is 1. The number of carbonyl (C=O) groups is 1. The third kappa shape index (κ3) is 3.04. The minimum absolute atomic E-state index is 0.194. The lowest BCUT2D eigenvalue weighted by atomic mass is 9.91. The van der Waals surface area contributed by atoms with Gasteiger partial charge < -0.3 is 9.84 Å². The standard InChI is InChI=1S/C14H25NO3/c1-10-9-18-11(2)8-15(10)13-7-5-3-4-6-12(13)14(16)17/h10-13H,3-9H2,1-2H3,(H,16,17). The van der Waals surface area contributed by atoms with E-state index in [0.29, 0.717) is 6.04 Å². The van der Waals surface area contributed by atoms with E-state index in [1.807, 2.05) is 0 Å². The SMILES string of the molecule is CC1CN(C2CCCCCC2C(=O)O)C(C)CO1. The van der Waals surface area contributed by atoms with Crippen LogP contribution in [0.2, 0.25) is 0 Å². The van der Waals surface area contributed by atoms with Gasteiger partial charge in [-0.25, -0.2) is 0 Å². The lowest BCUT2D eigenvalue weighted by Crippen LogP contribution is -2.55. The summed E-state index contributed by atoms with van der Waals surface area (Å²) in [7, 11) is 0. The minimum atomic E-state index is -0.617. The first-order chi connectivity index (χ1) is 8.59. The maximum absolute atomic E-state index is 11.5. The highest BCUT2D eigenvalue weighted by atomic mass is 16.5. The topological polar surface area (TPSA) is 49.8 Å². The first-order valence-electron chi connectivity index (χ1n) is 7.19. The summed E-state index contributed by atoms with van der Waals surface area (Å²) in [6.07, 6.45) is 5.47. The quantitative estimate of drug-likeness (QED) is 0.768. The molecule has 4 unspecified atom stereocenters. The first-order valence-corrected chi connectivity index (χ1v) is 7.19. The summed E-state index contributed by atoms with van der Waals surface area (Å²) in [5.41, 5.74) is 0. The van der Waals surface area contributed by atoms with Gasteiger partial charge in [0.1, 0.15) is 0 Å². The van der Waals surface area contributed by atoms with Gasteiger partial charge in [-0.05, 0) is 26.7 Å². The molecule has 1 aliphatic heterocycles. The minimum Gasteiger partial charge on any atom is -0.481 e. The van der Waals surface area contributed by atoms with E-state index in [1.54, 1.807) is 0 Å². The number of aliphatic carboxylic acids is 1. The van der Waals surface area contributed by atoms with Crippen molar-refractivity contribution in [3.8, 4) is 0 Å². The lowest BCUT2D eigenvalue weighted by Gasteiger charge is -2.43. The van der Waals surface area contributed by atoms with Crippen molar-refractivity contribution in [2.45, 2.75) is 64.1 Å². The molecule has 0 amide bonds. The van der Waals surface area contributed by atoms with E-state index in [4.69, 9.17) is 4.74 Å². The Morgan fingerprint density at radius 1 is 1.22 bits per heavy atom. The Morgan fingerprint density at radius 2 is 1.94 bits per heavy atom. The molecule has 2 aliphatic rings. The number of morpholine rings is 1. The fourth-order valence-electron chi connectivity index (χ4n) is 3.36. The van der Waals surface area contributed by atoms with Crippen LogP contribution in [-0.2, 0) is 9.53 Å². The number of hydrogen-bond donors (Lipinski definition) is 1. The number of rotatable bonds is 2. The van der Waals surface area contributed by atoms with Crippen molar-refractivity contribution < 1.29 is 14.6 Å². The van der Waals surface area contributed by atoms with Crippen molar-refractivity contribution in [3.63, 3.8) is 0 Å². The molecule has 104 valence electrons. The second-order valence-corrected chi connectivity index (χ2v) is 5.84.